The predicted octanol–water partition coefficient (Wildman–Crippen LogP) is 3.75. The van der Waals surface area contributed by atoms with Gasteiger partial charge in [-0.2, -0.15) is 11.3 Å². The van der Waals surface area contributed by atoms with E-state index in [0.29, 0.717) is 17.1 Å². The second-order valence-electron chi connectivity index (χ2n) is 6.29. The standard InChI is InChI=1S/C18H16ClNO3S/c1-23-16-8-12(21)7-14(10-4-5-24-9-10)18(16)13-3-2-11(19)6-15(13)20-17(18)22/h2-6,9,14,16H,7-8H2,1H3,(H,20,22). The van der Waals surface area contributed by atoms with Crippen LogP contribution in [0.1, 0.15) is 29.9 Å². The Balaban J connectivity index is 1.97. The van der Waals surface area contributed by atoms with Gasteiger partial charge in [0.15, 0.2) is 0 Å². The molecular formula is C18H16ClNO3S. The first-order valence-corrected chi connectivity index (χ1v) is 9.07. The Kier molecular flexibility index (Phi) is 3.75. The molecular weight excluding hydrogens is 346 g/mol. The molecule has 2 aliphatic rings. The molecule has 2 heterocycles. The number of ketones is 1. The third kappa shape index (κ3) is 2.08. The van der Waals surface area contributed by atoms with Crippen LogP contribution >= 0.6 is 22.9 Å². The van der Waals surface area contributed by atoms with Gasteiger partial charge in [-0.25, -0.2) is 0 Å². The van der Waals surface area contributed by atoms with Crippen LogP contribution in [0.3, 0.4) is 0 Å². The highest BCUT2D eigenvalue weighted by molar-refractivity contribution is 7.08. The van der Waals surface area contributed by atoms with Crippen molar-refractivity contribution in [1.29, 1.82) is 0 Å². The Hall–Kier alpha value is -1.69. The number of fused-ring (bicyclic) bond motifs is 2. The number of hydrogen-bond acceptors (Lipinski definition) is 4. The minimum Gasteiger partial charge on any atom is -0.379 e. The number of amides is 1. The molecule has 4 nitrogen and oxygen atoms in total. The monoisotopic (exact) mass is 361 g/mol. The van der Waals surface area contributed by atoms with E-state index >= 15 is 0 Å². The van der Waals surface area contributed by atoms with Crippen LogP contribution in [0.25, 0.3) is 0 Å². The van der Waals surface area contributed by atoms with Gasteiger partial charge in [0.05, 0.1) is 6.10 Å². The van der Waals surface area contributed by atoms with E-state index in [1.54, 1.807) is 30.6 Å². The summed E-state index contributed by atoms with van der Waals surface area (Å²) in [5, 5.41) is 7.51. The molecule has 1 spiro atoms. The van der Waals surface area contributed by atoms with Gasteiger partial charge in [0.25, 0.3) is 0 Å². The van der Waals surface area contributed by atoms with Gasteiger partial charge in [-0.05, 0) is 40.1 Å². The van der Waals surface area contributed by atoms with E-state index in [9.17, 15) is 9.59 Å². The second kappa shape index (κ2) is 5.69. The van der Waals surface area contributed by atoms with Crippen molar-refractivity contribution in [3.63, 3.8) is 0 Å². The van der Waals surface area contributed by atoms with Gasteiger partial charge < -0.3 is 10.1 Å². The fourth-order valence-electron chi connectivity index (χ4n) is 4.18. The molecule has 1 fully saturated rings. The Bertz CT molecular complexity index is 820. The molecule has 1 aliphatic heterocycles. The molecule has 3 atom stereocenters. The molecule has 1 aromatic heterocycles. The summed E-state index contributed by atoms with van der Waals surface area (Å²) in [6.07, 6.45) is 0.0877. The topological polar surface area (TPSA) is 55.4 Å². The lowest BCUT2D eigenvalue weighted by atomic mass is 9.59. The molecule has 0 radical (unpaired) electrons. The number of Topliss-reactive ketones (excluding diaryl/α,β-unsaturated/α-hetero) is 1. The van der Waals surface area contributed by atoms with E-state index in [2.05, 4.69) is 5.32 Å². The highest BCUT2D eigenvalue weighted by Gasteiger charge is 2.61. The highest BCUT2D eigenvalue weighted by atomic mass is 35.5. The number of halogens is 1. The number of rotatable bonds is 2. The minimum atomic E-state index is -0.899. The van der Waals surface area contributed by atoms with Crippen molar-refractivity contribution >= 4 is 40.3 Å². The molecule has 0 saturated heterocycles. The van der Waals surface area contributed by atoms with Crippen LogP contribution in [0.15, 0.2) is 35.0 Å². The van der Waals surface area contributed by atoms with Crippen LogP contribution in [-0.4, -0.2) is 24.9 Å². The van der Waals surface area contributed by atoms with Crippen LogP contribution in [0, 0.1) is 0 Å². The van der Waals surface area contributed by atoms with Gasteiger partial charge >= 0.3 is 0 Å². The lowest BCUT2D eigenvalue weighted by molar-refractivity contribution is -0.137. The predicted molar refractivity (Wildman–Crippen MR) is 93.9 cm³/mol. The SMILES string of the molecule is COC1CC(=O)CC(c2ccsc2)C12C(=O)Nc1cc(Cl)ccc12. The summed E-state index contributed by atoms with van der Waals surface area (Å²) < 4.78 is 5.67. The third-order valence-electron chi connectivity index (χ3n) is 5.18. The first-order chi connectivity index (χ1) is 11.6. The molecule has 1 aliphatic carbocycles. The van der Waals surface area contributed by atoms with E-state index in [-0.39, 0.29) is 24.0 Å². The minimum absolute atomic E-state index is 0.115. The number of benzene rings is 1. The summed E-state index contributed by atoms with van der Waals surface area (Å²) in [5.74, 6) is -0.230. The quantitative estimate of drug-likeness (QED) is 0.886. The zero-order valence-electron chi connectivity index (χ0n) is 13.0. The number of nitrogens with one attached hydrogen (secondary N) is 1. The van der Waals surface area contributed by atoms with Gasteiger partial charge in [-0.1, -0.05) is 17.7 Å². The normalized spacial score (nSPS) is 28.9. The number of thiophene rings is 1. The molecule has 124 valence electrons. The number of ether oxygens (including phenoxy) is 1. The fourth-order valence-corrected chi connectivity index (χ4v) is 5.07. The Morgan fingerprint density at radius 2 is 2.12 bits per heavy atom. The van der Waals surface area contributed by atoms with Crippen molar-refractivity contribution in [2.75, 3.05) is 12.4 Å². The zero-order valence-corrected chi connectivity index (χ0v) is 14.6. The molecule has 24 heavy (non-hydrogen) atoms. The van der Waals surface area contributed by atoms with Crippen LogP contribution in [0.2, 0.25) is 5.02 Å². The molecule has 0 bridgehead atoms. The second-order valence-corrected chi connectivity index (χ2v) is 7.51. The Morgan fingerprint density at radius 1 is 1.29 bits per heavy atom. The average molecular weight is 362 g/mol. The van der Waals surface area contributed by atoms with Crippen molar-refractivity contribution in [1.82, 2.24) is 0 Å². The number of hydrogen-bond donors (Lipinski definition) is 1. The average Bonchev–Trinajstić information content (AvgIpc) is 3.17. The number of carbonyl (C=O) groups excluding carboxylic acids is 2. The molecule has 4 rings (SSSR count). The van der Waals surface area contributed by atoms with Gasteiger partial charge in [-0.15, -0.1) is 0 Å². The maximum atomic E-state index is 13.2. The van der Waals surface area contributed by atoms with Crippen LogP contribution < -0.4 is 5.32 Å². The molecule has 1 aromatic carbocycles. The van der Waals surface area contributed by atoms with Crippen molar-refractivity contribution in [2.24, 2.45) is 0 Å². The lowest BCUT2D eigenvalue weighted by Crippen LogP contribution is -2.55. The van der Waals surface area contributed by atoms with Gasteiger partial charge in [0.1, 0.15) is 11.2 Å². The number of methoxy groups -OCH3 is 1. The van der Waals surface area contributed by atoms with Crippen molar-refractivity contribution in [3.05, 3.63) is 51.2 Å². The van der Waals surface area contributed by atoms with E-state index in [0.717, 1.165) is 11.1 Å². The van der Waals surface area contributed by atoms with Crippen molar-refractivity contribution in [2.45, 2.75) is 30.3 Å². The zero-order chi connectivity index (χ0) is 16.9. The summed E-state index contributed by atoms with van der Waals surface area (Å²) >= 11 is 7.66. The summed E-state index contributed by atoms with van der Waals surface area (Å²) in [6.45, 7) is 0. The van der Waals surface area contributed by atoms with Crippen LogP contribution in [-0.2, 0) is 19.7 Å². The summed E-state index contributed by atoms with van der Waals surface area (Å²) in [7, 11) is 1.57. The molecule has 1 amide bonds. The number of anilines is 1. The van der Waals surface area contributed by atoms with E-state index in [1.165, 1.54) is 0 Å². The first kappa shape index (κ1) is 15.8. The smallest absolute Gasteiger partial charge is 0.238 e. The van der Waals surface area contributed by atoms with E-state index in [1.807, 2.05) is 22.9 Å². The van der Waals surface area contributed by atoms with Crippen molar-refractivity contribution < 1.29 is 14.3 Å². The maximum absolute atomic E-state index is 13.2. The molecule has 3 unspecified atom stereocenters. The summed E-state index contributed by atoms with van der Waals surface area (Å²) in [5.41, 5.74) is 1.69. The Morgan fingerprint density at radius 3 is 2.83 bits per heavy atom. The summed E-state index contributed by atoms with van der Waals surface area (Å²) in [6, 6.07) is 7.42. The highest BCUT2D eigenvalue weighted by Crippen LogP contribution is 2.55. The lowest BCUT2D eigenvalue weighted by Gasteiger charge is -2.44. The summed E-state index contributed by atoms with van der Waals surface area (Å²) in [4.78, 5) is 25.5. The molecule has 6 heteroatoms. The number of carbonyl (C=O) groups is 2. The van der Waals surface area contributed by atoms with E-state index in [4.69, 9.17) is 16.3 Å². The van der Waals surface area contributed by atoms with Crippen molar-refractivity contribution in [3.8, 4) is 0 Å². The van der Waals surface area contributed by atoms with Gasteiger partial charge in [0.2, 0.25) is 5.91 Å². The van der Waals surface area contributed by atoms with Crippen LogP contribution in [0.5, 0.6) is 0 Å². The van der Waals surface area contributed by atoms with Crippen LogP contribution in [0.4, 0.5) is 5.69 Å². The maximum Gasteiger partial charge on any atom is 0.238 e. The molecule has 1 saturated carbocycles. The fraction of sp³-hybridized carbons (Fsp3) is 0.333. The Labute approximate surface area is 148 Å². The first-order valence-electron chi connectivity index (χ1n) is 7.75. The van der Waals surface area contributed by atoms with Gasteiger partial charge in [-0.3, -0.25) is 9.59 Å². The largest absolute Gasteiger partial charge is 0.379 e. The molecule has 1 N–H and O–H groups in total. The van der Waals surface area contributed by atoms with Gasteiger partial charge in [0, 0.05) is 36.6 Å². The van der Waals surface area contributed by atoms with E-state index < -0.39 is 11.5 Å². The molecule has 2 aromatic rings. The third-order valence-corrected chi connectivity index (χ3v) is 6.12.